The average molecular weight is 646 g/mol. The smallest absolute Gasteiger partial charge is 0.164 e. The fraction of sp³-hybridized carbons (Fsp3) is 0. The first-order valence-corrected chi connectivity index (χ1v) is 16.3. The molecule has 0 amide bonds. The van der Waals surface area contributed by atoms with E-state index in [-0.39, 0.29) is 29.7 Å². The number of furan rings is 1. The van der Waals surface area contributed by atoms with Gasteiger partial charge in [0.2, 0.25) is 0 Å². The second kappa shape index (κ2) is 11.4. The van der Waals surface area contributed by atoms with Crippen LogP contribution in [-0.2, 0) is 0 Å². The van der Waals surface area contributed by atoms with E-state index >= 15 is 0 Å². The minimum Gasteiger partial charge on any atom is -0.454 e. The van der Waals surface area contributed by atoms with E-state index in [4.69, 9.17) is 26.2 Å². The van der Waals surface area contributed by atoms with E-state index in [0.29, 0.717) is 28.6 Å². The monoisotopic (exact) mass is 645 g/mol. The third kappa shape index (κ3) is 4.60. The Balaban J connectivity index is 1.14. The van der Waals surface area contributed by atoms with Gasteiger partial charge in [-0.3, -0.25) is 0 Å². The maximum atomic E-state index is 8.55. The molecule has 0 spiro atoms. The predicted octanol–water partition coefficient (Wildman–Crippen LogP) is 11.5. The molecule has 5 heteroatoms. The van der Waals surface area contributed by atoms with Gasteiger partial charge in [-0.25, -0.2) is 15.0 Å². The normalized spacial score (nSPS) is 13.0. The van der Waals surface area contributed by atoms with Crippen LogP contribution in [0.1, 0.15) is 6.85 Å². The summed E-state index contributed by atoms with van der Waals surface area (Å²) >= 11 is 0. The lowest BCUT2D eigenvalue weighted by molar-refractivity contribution is 0.666. The maximum absolute atomic E-state index is 8.55. The van der Waals surface area contributed by atoms with Crippen LogP contribution in [0.4, 0.5) is 0 Å². The summed E-state index contributed by atoms with van der Waals surface area (Å²) in [5.41, 5.74) is 7.39. The molecule has 0 aliphatic carbocycles. The van der Waals surface area contributed by atoms with Gasteiger partial charge in [0.1, 0.15) is 5.58 Å². The second-order valence-corrected chi connectivity index (χ2v) is 12.1. The Bertz CT molecular complexity index is 3090. The van der Waals surface area contributed by atoms with Crippen molar-refractivity contribution >= 4 is 43.7 Å². The summed E-state index contributed by atoms with van der Waals surface area (Å²) < 4.78 is 50.5. The van der Waals surface area contributed by atoms with E-state index in [1.54, 1.807) is 18.2 Å². The minimum absolute atomic E-state index is 0.114. The molecule has 0 fully saturated rings. The van der Waals surface area contributed by atoms with Gasteiger partial charge in [0.05, 0.1) is 23.6 Å². The van der Waals surface area contributed by atoms with Gasteiger partial charge in [0, 0.05) is 38.2 Å². The lowest BCUT2D eigenvalue weighted by Crippen LogP contribution is -2.00. The Morgan fingerprint density at radius 3 is 1.76 bits per heavy atom. The zero-order chi connectivity index (χ0) is 37.4. The molecule has 0 aliphatic rings. The van der Waals surface area contributed by atoms with E-state index < -0.39 is 6.04 Å². The molecule has 0 bridgehead atoms. The van der Waals surface area contributed by atoms with Crippen LogP contribution in [0.25, 0.3) is 94.7 Å². The minimum atomic E-state index is -0.435. The van der Waals surface area contributed by atoms with Crippen molar-refractivity contribution in [2.24, 2.45) is 0 Å². The van der Waals surface area contributed by atoms with Crippen molar-refractivity contribution < 1.29 is 11.3 Å². The van der Waals surface area contributed by atoms with E-state index in [1.807, 2.05) is 54.6 Å². The van der Waals surface area contributed by atoms with Gasteiger partial charge < -0.3 is 8.98 Å². The Morgan fingerprint density at radius 2 is 1.02 bits per heavy atom. The summed E-state index contributed by atoms with van der Waals surface area (Å²) in [6.45, 7) is 0. The van der Waals surface area contributed by atoms with Crippen molar-refractivity contribution in [3.8, 4) is 51.0 Å². The molecule has 50 heavy (non-hydrogen) atoms. The number of aromatic nitrogens is 4. The molecular weight excluding hydrogens is 613 g/mol. The second-order valence-electron chi connectivity index (χ2n) is 12.1. The Morgan fingerprint density at radius 1 is 0.440 bits per heavy atom. The van der Waals surface area contributed by atoms with Gasteiger partial charge in [0.25, 0.3) is 0 Å². The van der Waals surface area contributed by atoms with Gasteiger partial charge in [-0.05, 0) is 53.6 Å². The van der Waals surface area contributed by atoms with Crippen LogP contribution >= 0.6 is 0 Å². The fourth-order valence-electron chi connectivity index (χ4n) is 6.84. The van der Waals surface area contributed by atoms with Crippen LogP contribution in [-0.4, -0.2) is 19.5 Å². The lowest BCUT2D eigenvalue weighted by Gasteiger charge is -2.10. The van der Waals surface area contributed by atoms with Crippen molar-refractivity contribution in [1.82, 2.24) is 19.5 Å². The van der Waals surface area contributed by atoms with Gasteiger partial charge in [-0.1, -0.05) is 127 Å². The highest BCUT2D eigenvalue weighted by atomic mass is 16.3. The quantitative estimate of drug-likeness (QED) is 0.187. The molecule has 0 aliphatic heterocycles. The largest absolute Gasteiger partial charge is 0.454 e. The lowest BCUT2D eigenvalue weighted by atomic mass is 10.0. The number of fused-ring (bicyclic) bond motifs is 6. The number of benzene rings is 7. The van der Waals surface area contributed by atoms with Gasteiger partial charge in [0.15, 0.2) is 23.1 Å². The molecule has 10 rings (SSSR count). The summed E-state index contributed by atoms with van der Waals surface area (Å²) in [7, 11) is 0. The van der Waals surface area contributed by atoms with Crippen molar-refractivity contribution in [2.75, 3.05) is 0 Å². The molecule has 0 N–H and O–H groups in total. The summed E-state index contributed by atoms with van der Waals surface area (Å²) in [5, 5.41) is 4.22. The predicted molar refractivity (Wildman–Crippen MR) is 203 cm³/mol. The molecule has 234 valence electrons. The molecule has 0 atom stereocenters. The van der Waals surface area contributed by atoms with Crippen molar-refractivity contribution in [3.63, 3.8) is 0 Å². The molecule has 0 saturated carbocycles. The summed E-state index contributed by atoms with van der Waals surface area (Å²) in [6, 6.07) is 44.0. The highest BCUT2D eigenvalue weighted by Gasteiger charge is 2.19. The number of para-hydroxylation sites is 3. The van der Waals surface area contributed by atoms with Crippen molar-refractivity contribution in [1.29, 1.82) is 0 Å². The Kier molecular flexibility index (Phi) is 5.35. The number of hydrogen-bond donors (Lipinski definition) is 0. The molecular formula is C45H28N4O. The zero-order valence-corrected chi connectivity index (χ0v) is 26.5. The van der Waals surface area contributed by atoms with Crippen LogP contribution in [0.15, 0.2) is 174 Å². The number of rotatable bonds is 5. The van der Waals surface area contributed by atoms with E-state index in [9.17, 15) is 0 Å². The first-order chi connectivity index (χ1) is 26.9. The number of hydrogen-bond acceptors (Lipinski definition) is 4. The maximum Gasteiger partial charge on any atom is 0.164 e. The Labute approximate surface area is 294 Å². The SMILES string of the molecule is [2H]c1c([2H])c([2H])c(-c2cccc(-c3nc(-c4ccccc4)nc(-c4ccc5oc6c(-n7c8ccccc8c8ccccc87)cccc6c5c4)n3)c2)c([2H])c1[2H]. The molecule has 7 aromatic carbocycles. The third-order valence-electron chi connectivity index (χ3n) is 9.13. The van der Waals surface area contributed by atoms with Crippen LogP contribution in [0.5, 0.6) is 0 Å². The highest BCUT2D eigenvalue weighted by molar-refractivity contribution is 6.13. The molecule has 0 unspecified atom stereocenters. The molecule has 10 aromatic rings. The van der Waals surface area contributed by atoms with Crippen LogP contribution in [0.2, 0.25) is 0 Å². The van der Waals surface area contributed by atoms with Gasteiger partial charge in [-0.15, -0.1) is 0 Å². The molecule has 3 heterocycles. The zero-order valence-electron chi connectivity index (χ0n) is 31.5. The molecule has 5 nitrogen and oxygen atoms in total. The first kappa shape index (κ1) is 23.5. The molecule has 0 saturated heterocycles. The summed E-state index contributed by atoms with van der Waals surface area (Å²) in [6.07, 6.45) is 0. The van der Waals surface area contributed by atoms with Gasteiger partial charge in [-0.2, -0.15) is 0 Å². The van der Waals surface area contributed by atoms with E-state index in [2.05, 4.69) is 71.3 Å². The summed E-state index contributed by atoms with van der Waals surface area (Å²) in [5.74, 6) is 1.30. The van der Waals surface area contributed by atoms with E-state index in [1.165, 1.54) is 10.8 Å². The molecule has 0 radical (unpaired) electrons. The van der Waals surface area contributed by atoms with Crippen molar-refractivity contribution in [2.45, 2.75) is 0 Å². The standard InChI is InChI=1S/C45H28N4O/c1-3-13-29(14-4-1)31-17-11-18-32(27-31)44-46-43(30-15-5-2-6-16-30)47-45(48-44)33-25-26-41-37(28-33)36-21-12-24-40(42(36)50-41)49-38-22-9-7-19-34(38)35-20-8-10-23-39(35)49/h1-28H/i1D,3D,4D,13D,14D. The third-order valence-corrected chi connectivity index (χ3v) is 9.13. The van der Waals surface area contributed by atoms with Crippen molar-refractivity contribution in [3.05, 3.63) is 170 Å². The fourth-order valence-corrected chi connectivity index (χ4v) is 6.84. The first-order valence-electron chi connectivity index (χ1n) is 18.8. The highest BCUT2D eigenvalue weighted by Crippen LogP contribution is 2.39. The summed E-state index contributed by atoms with van der Waals surface area (Å²) in [4.78, 5) is 14.8. The van der Waals surface area contributed by atoms with E-state index in [0.717, 1.165) is 49.8 Å². The van der Waals surface area contributed by atoms with Gasteiger partial charge >= 0.3 is 0 Å². The average Bonchev–Trinajstić information content (AvgIpc) is 3.78. The molecule has 3 aromatic heterocycles. The van der Waals surface area contributed by atoms with Crippen LogP contribution in [0.3, 0.4) is 0 Å². The Hall–Kier alpha value is -6.85. The van der Waals surface area contributed by atoms with Crippen LogP contribution in [0, 0.1) is 0 Å². The topological polar surface area (TPSA) is 56.7 Å². The number of nitrogens with zero attached hydrogens (tertiary/aromatic N) is 4. The van der Waals surface area contributed by atoms with Crippen LogP contribution < -0.4 is 0 Å².